The highest BCUT2D eigenvalue weighted by Crippen LogP contribution is 2.35. The molecule has 0 aliphatic carbocycles. The number of likely N-dealkylation sites (N-methyl/N-ethyl adjacent to an activating group) is 1. The molecule has 0 aromatic heterocycles. The zero-order valence-electron chi connectivity index (χ0n) is 13.0. The van der Waals surface area contributed by atoms with Crippen LogP contribution in [-0.4, -0.2) is 66.7 Å². The molecular weight excluding hydrogens is 258 g/mol. The van der Waals surface area contributed by atoms with E-state index in [1.165, 1.54) is 0 Å². The Kier molecular flexibility index (Phi) is 5.80. The molecule has 0 saturated carbocycles. The molecule has 1 heterocycles. The molecule has 0 radical (unpaired) electrons. The van der Waals surface area contributed by atoms with Crippen LogP contribution in [-0.2, 0) is 4.79 Å². The molecule has 116 valence electrons. The molecule has 0 bridgehead atoms. The standard InChI is InChI=1S/C14H27N3O3/c1-5-14(12(18)19)6-8-17(9-7-14)13(20)15-11(2)10-16(3)4/h11H,5-10H2,1-4H3,(H,15,20)(H,18,19). The van der Waals surface area contributed by atoms with E-state index in [1.807, 2.05) is 32.8 Å². The molecule has 1 rings (SSSR count). The van der Waals surface area contributed by atoms with Crippen LogP contribution >= 0.6 is 0 Å². The van der Waals surface area contributed by atoms with Crippen molar-refractivity contribution in [3.05, 3.63) is 0 Å². The van der Waals surface area contributed by atoms with Crippen LogP contribution in [0.3, 0.4) is 0 Å². The summed E-state index contributed by atoms with van der Waals surface area (Å²) in [6.45, 7) is 5.69. The predicted octanol–water partition coefficient (Wildman–Crippen LogP) is 1.22. The highest BCUT2D eigenvalue weighted by Gasteiger charge is 2.40. The molecule has 0 aromatic carbocycles. The van der Waals surface area contributed by atoms with Crippen molar-refractivity contribution in [1.82, 2.24) is 15.1 Å². The fraction of sp³-hybridized carbons (Fsp3) is 0.857. The van der Waals surface area contributed by atoms with Crippen molar-refractivity contribution in [2.24, 2.45) is 5.41 Å². The van der Waals surface area contributed by atoms with Gasteiger partial charge >= 0.3 is 12.0 Å². The van der Waals surface area contributed by atoms with Gasteiger partial charge in [-0.1, -0.05) is 6.92 Å². The second-order valence-electron chi connectivity index (χ2n) is 6.04. The van der Waals surface area contributed by atoms with E-state index in [9.17, 15) is 14.7 Å². The van der Waals surface area contributed by atoms with Crippen molar-refractivity contribution >= 4 is 12.0 Å². The van der Waals surface area contributed by atoms with E-state index < -0.39 is 11.4 Å². The van der Waals surface area contributed by atoms with Crippen molar-refractivity contribution in [3.63, 3.8) is 0 Å². The van der Waals surface area contributed by atoms with E-state index in [-0.39, 0.29) is 12.1 Å². The minimum Gasteiger partial charge on any atom is -0.481 e. The summed E-state index contributed by atoms with van der Waals surface area (Å²) >= 11 is 0. The molecule has 0 aromatic rings. The monoisotopic (exact) mass is 285 g/mol. The molecule has 20 heavy (non-hydrogen) atoms. The van der Waals surface area contributed by atoms with Crippen LogP contribution in [0.1, 0.15) is 33.1 Å². The number of piperidine rings is 1. The van der Waals surface area contributed by atoms with Crippen molar-refractivity contribution in [3.8, 4) is 0 Å². The van der Waals surface area contributed by atoms with Gasteiger partial charge in [0.05, 0.1) is 5.41 Å². The van der Waals surface area contributed by atoms with Crippen LogP contribution < -0.4 is 5.32 Å². The van der Waals surface area contributed by atoms with Crippen molar-refractivity contribution in [2.45, 2.75) is 39.2 Å². The Balaban J connectivity index is 2.48. The minimum atomic E-state index is -0.735. The van der Waals surface area contributed by atoms with Gasteiger partial charge in [0.2, 0.25) is 0 Å². The summed E-state index contributed by atoms with van der Waals surface area (Å²) in [4.78, 5) is 27.2. The van der Waals surface area contributed by atoms with Crippen LogP contribution in [0, 0.1) is 5.41 Å². The van der Waals surface area contributed by atoms with Gasteiger partial charge in [-0.2, -0.15) is 0 Å². The lowest BCUT2D eigenvalue weighted by atomic mass is 9.76. The van der Waals surface area contributed by atoms with Crippen LogP contribution in [0.5, 0.6) is 0 Å². The van der Waals surface area contributed by atoms with Crippen LogP contribution in [0.4, 0.5) is 4.79 Å². The van der Waals surface area contributed by atoms with Gasteiger partial charge in [-0.3, -0.25) is 4.79 Å². The normalized spacial score (nSPS) is 19.8. The second kappa shape index (κ2) is 6.92. The number of carbonyl (C=O) groups excluding carboxylic acids is 1. The summed E-state index contributed by atoms with van der Waals surface area (Å²) in [5.74, 6) is -0.735. The van der Waals surface area contributed by atoms with E-state index in [2.05, 4.69) is 5.32 Å². The SMILES string of the molecule is CCC1(C(=O)O)CCN(C(=O)NC(C)CN(C)C)CC1. The van der Waals surface area contributed by atoms with E-state index >= 15 is 0 Å². The Labute approximate surface area is 121 Å². The fourth-order valence-corrected chi connectivity index (χ4v) is 2.75. The summed E-state index contributed by atoms with van der Waals surface area (Å²) < 4.78 is 0. The number of urea groups is 1. The quantitative estimate of drug-likeness (QED) is 0.796. The number of hydrogen-bond acceptors (Lipinski definition) is 3. The molecule has 6 heteroatoms. The first-order valence-electron chi connectivity index (χ1n) is 7.24. The average molecular weight is 285 g/mol. The van der Waals surface area contributed by atoms with Gasteiger partial charge in [-0.25, -0.2) is 4.79 Å². The Morgan fingerprint density at radius 2 is 1.90 bits per heavy atom. The summed E-state index contributed by atoms with van der Waals surface area (Å²) in [6, 6.07) is -0.00993. The molecule has 0 spiro atoms. The Bertz CT molecular complexity index is 350. The van der Waals surface area contributed by atoms with Crippen LogP contribution in [0.15, 0.2) is 0 Å². The van der Waals surface area contributed by atoms with Crippen LogP contribution in [0.25, 0.3) is 0 Å². The zero-order valence-corrected chi connectivity index (χ0v) is 13.0. The van der Waals surface area contributed by atoms with Gasteiger partial charge in [0, 0.05) is 25.7 Å². The molecule has 1 aliphatic heterocycles. The maximum Gasteiger partial charge on any atom is 0.317 e. The third kappa shape index (κ3) is 4.10. The number of nitrogens with one attached hydrogen (secondary N) is 1. The van der Waals surface area contributed by atoms with Gasteiger partial charge in [-0.05, 0) is 40.3 Å². The van der Waals surface area contributed by atoms with E-state index in [0.717, 1.165) is 6.54 Å². The van der Waals surface area contributed by atoms with E-state index in [4.69, 9.17) is 0 Å². The topological polar surface area (TPSA) is 72.9 Å². The molecule has 1 unspecified atom stereocenters. The summed E-state index contributed by atoms with van der Waals surface area (Å²) in [6.07, 6.45) is 1.69. The number of hydrogen-bond donors (Lipinski definition) is 2. The average Bonchev–Trinajstić information content (AvgIpc) is 2.37. The molecule has 2 N–H and O–H groups in total. The van der Waals surface area contributed by atoms with Crippen molar-refractivity contribution in [1.29, 1.82) is 0 Å². The summed E-state index contributed by atoms with van der Waals surface area (Å²) in [5.41, 5.74) is -0.647. The third-order valence-electron chi connectivity index (χ3n) is 4.15. The van der Waals surface area contributed by atoms with Crippen LogP contribution in [0.2, 0.25) is 0 Å². The highest BCUT2D eigenvalue weighted by atomic mass is 16.4. The maximum absolute atomic E-state index is 12.1. The van der Waals surface area contributed by atoms with Gasteiger partial charge in [-0.15, -0.1) is 0 Å². The van der Waals surface area contributed by atoms with Gasteiger partial charge in [0.25, 0.3) is 0 Å². The molecule has 1 fully saturated rings. The van der Waals surface area contributed by atoms with E-state index in [1.54, 1.807) is 4.90 Å². The lowest BCUT2D eigenvalue weighted by molar-refractivity contribution is -0.151. The number of carbonyl (C=O) groups is 2. The Morgan fingerprint density at radius 3 is 2.30 bits per heavy atom. The van der Waals surface area contributed by atoms with Gasteiger partial charge < -0.3 is 20.2 Å². The first-order chi connectivity index (χ1) is 9.30. The molecular formula is C14H27N3O3. The highest BCUT2D eigenvalue weighted by molar-refractivity contribution is 5.77. The molecule has 2 amide bonds. The van der Waals surface area contributed by atoms with Crippen molar-refractivity contribution in [2.75, 3.05) is 33.7 Å². The zero-order chi connectivity index (χ0) is 15.3. The van der Waals surface area contributed by atoms with Crippen molar-refractivity contribution < 1.29 is 14.7 Å². The van der Waals surface area contributed by atoms with E-state index in [0.29, 0.717) is 32.4 Å². The lowest BCUT2D eigenvalue weighted by Crippen LogP contribution is -2.52. The first kappa shape index (κ1) is 16.8. The third-order valence-corrected chi connectivity index (χ3v) is 4.15. The maximum atomic E-state index is 12.1. The second-order valence-corrected chi connectivity index (χ2v) is 6.04. The minimum absolute atomic E-state index is 0.0785. The molecule has 1 atom stereocenters. The number of amides is 2. The summed E-state index contributed by atoms with van der Waals surface area (Å²) in [5, 5.41) is 12.3. The number of carboxylic acid groups (broad SMARTS) is 1. The molecule has 1 aliphatic rings. The first-order valence-corrected chi connectivity index (χ1v) is 7.24. The molecule has 6 nitrogen and oxygen atoms in total. The fourth-order valence-electron chi connectivity index (χ4n) is 2.75. The largest absolute Gasteiger partial charge is 0.481 e. The van der Waals surface area contributed by atoms with Gasteiger partial charge in [0.15, 0.2) is 0 Å². The lowest BCUT2D eigenvalue weighted by Gasteiger charge is -2.38. The number of nitrogens with zero attached hydrogens (tertiary/aromatic N) is 2. The smallest absolute Gasteiger partial charge is 0.317 e. The number of carboxylic acids is 1. The predicted molar refractivity (Wildman–Crippen MR) is 77.7 cm³/mol. The number of likely N-dealkylation sites (tertiary alicyclic amines) is 1. The number of aliphatic carboxylic acids is 1. The number of rotatable bonds is 5. The molecule has 1 saturated heterocycles. The summed E-state index contributed by atoms with van der Waals surface area (Å²) in [7, 11) is 3.93. The van der Waals surface area contributed by atoms with Gasteiger partial charge in [0.1, 0.15) is 0 Å². The Hall–Kier alpha value is -1.30. The Morgan fingerprint density at radius 1 is 1.35 bits per heavy atom.